The van der Waals surface area contributed by atoms with Crippen molar-refractivity contribution in [3.63, 3.8) is 0 Å². The summed E-state index contributed by atoms with van der Waals surface area (Å²) in [4.78, 5) is 10.9. The van der Waals surface area contributed by atoms with Gasteiger partial charge >= 0.3 is 5.97 Å². The number of rotatable bonds is 7. The Hall–Kier alpha value is -0.570. The number of nitrogens with two attached hydrogens (primary N) is 1. The third-order valence-corrected chi connectivity index (χ3v) is 2.05. The smallest absolute Gasteiger partial charge is 0.319 e. The van der Waals surface area contributed by atoms with Crippen molar-refractivity contribution in [3.05, 3.63) is 0 Å². The van der Waals surface area contributed by atoms with Crippen molar-refractivity contribution in [1.82, 2.24) is 0 Å². The standard InChI is InChI=1S/C10H21NO2.C2H6/c1-3-5-6-7-9(4-2)13-10(12)8-11;1-2/h9H,3-8,11H2,1-2H3;1-2H3. The van der Waals surface area contributed by atoms with Gasteiger partial charge in [-0.05, 0) is 19.3 Å². The largest absolute Gasteiger partial charge is 0.461 e. The summed E-state index contributed by atoms with van der Waals surface area (Å²) >= 11 is 0. The van der Waals surface area contributed by atoms with Crippen LogP contribution in [0.4, 0.5) is 0 Å². The normalized spacial score (nSPS) is 11.3. The zero-order chi connectivity index (χ0) is 12.1. The number of carbonyl (C=O) groups is 1. The van der Waals surface area contributed by atoms with Gasteiger partial charge in [-0.1, -0.05) is 40.5 Å². The van der Waals surface area contributed by atoms with E-state index >= 15 is 0 Å². The number of unbranched alkanes of at least 4 members (excludes halogenated alkanes) is 2. The molecule has 0 amide bonds. The van der Waals surface area contributed by atoms with Crippen molar-refractivity contribution >= 4 is 5.97 Å². The zero-order valence-corrected chi connectivity index (χ0v) is 10.7. The highest BCUT2D eigenvalue weighted by atomic mass is 16.5. The van der Waals surface area contributed by atoms with Gasteiger partial charge in [0.1, 0.15) is 6.10 Å². The van der Waals surface area contributed by atoms with Gasteiger partial charge in [-0.3, -0.25) is 4.79 Å². The predicted molar refractivity (Wildman–Crippen MR) is 64.7 cm³/mol. The average molecular weight is 217 g/mol. The van der Waals surface area contributed by atoms with Crippen LogP contribution in [0.2, 0.25) is 0 Å². The lowest BCUT2D eigenvalue weighted by Gasteiger charge is -2.15. The van der Waals surface area contributed by atoms with E-state index in [4.69, 9.17) is 10.5 Å². The molecule has 1 atom stereocenters. The second-order valence-corrected chi connectivity index (χ2v) is 3.22. The van der Waals surface area contributed by atoms with Crippen LogP contribution >= 0.6 is 0 Å². The maximum absolute atomic E-state index is 10.9. The highest BCUT2D eigenvalue weighted by Gasteiger charge is 2.10. The lowest BCUT2D eigenvalue weighted by atomic mass is 10.1. The van der Waals surface area contributed by atoms with E-state index < -0.39 is 0 Å². The van der Waals surface area contributed by atoms with E-state index in [0.717, 1.165) is 19.3 Å². The van der Waals surface area contributed by atoms with Crippen LogP contribution in [0.3, 0.4) is 0 Å². The molecule has 0 heterocycles. The summed E-state index contributed by atoms with van der Waals surface area (Å²) in [6.07, 6.45) is 5.46. The van der Waals surface area contributed by atoms with E-state index in [2.05, 4.69) is 6.92 Å². The second-order valence-electron chi connectivity index (χ2n) is 3.22. The highest BCUT2D eigenvalue weighted by molar-refractivity contribution is 5.71. The molecular formula is C12H27NO2. The number of hydrogen-bond donors (Lipinski definition) is 1. The molecule has 92 valence electrons. The van der Waals surface area contributed by atoms with Crippen molar-refractivity contribution in [2.45, 2.75) is 65.9 Å². The predicted octanol–water partition coefficient (Wildman–Crippen LogP) is 2.87. The van der Waals surface area contributed by atoms with E-state index in [-0.39, 0.29) is 18.6 Å². The van der Waals surface area contributed by atoms with E-state index in [1.165, 1.54) is 12.8 Å². The molecule has 0 aliphatic carbocycles. The molecule has 2 N–H and O–H groups in total. The van der Waals surface area contributed by atoms with Gasteiger partial charge < -0.3 is 10.5 Å². The minimum atomic E-state index is -0.289. The van der Waals surface area contributed by atoms with Crippen molar-refractivity contribution < 1.29 is 9.53 Å². The quantitative estimate of drug-likeness (QED) is 0.527. The zero-order valence-electron chi connectivity index (χ0n) is 10.7. The summed E-state index contributed by atoms with van der Waals surface area (Å²) in [5.74, 6) is -0.289. The Morgan fingerprint density at radius 3 is 2.27 bits per heavy atom. The van der Waals surface area contributed by atoms with Crippen molar-refractivity contribution in [1.29, 1.82) is 0 Å². The molecule has 0 rings (SSSR count). The fraction of sp³-hybridized carbons (Fsp3) is 0.917. The van der Waals surface area contributed by atoms with Crippen molar-refractivity contribution in [2.24, 2.45) is 5.73 Å². The molecule has 0 aromatic heterocycles. The topological polar surface area (TPSA) is 52.3 Å². The van der Waals surface area contributed by atoms with Crippen LogP contribution in [0, 0.1) is 0 Å². The van der Waals surface area contributed by atoms with Crippen molar-refractivity contribution in [2.75, 3.05) is 6.54 Å². The Bertz CT molecular complexity index is 138. The molecule has 0 radical (unpaired) electrons. The lowest BCUT2D eigenvalue weighted by molar-refractivity contribution is -0.147. The summed E-state index contributed by atoms with van der Waals surface area (Å²) in [6, 6.07) is 0. The molecule has 0 spiro atoms. The molecule has 0 aromatic carbocycles. The maximum Gasteiger partial charge on any atom is 0.319 e. The van der Waals surface area contributed by atoms with Gasteiger partial charge in [0.2, 0.25) is 0 Å². The van der Waals surface area contributed by atoms with Crippen LogP contribution in [0.25, 0.3) is 0 Å². The van der Waals surface area contributed by atoms with Crippen LogP contribution < -0.4 is 5.73 Å². The van der Waals surface area contributed by atoms with Crippen LogP contribution in [0.15, 0.2) is 0 Å². The molecule has 0 fully saturated rings. The number of esters is 1. The third-order valence-electron chi connectivity index (χ3n) is 2.05. The van der Waals surface area contributed by atoms with Crippen LogP contribution in [-0.2, 0) is 9.53 Å². The number of carbonyl (C=O) groups excluding carboxylic acids is 1. The number of ether oxygens (including phenoxy) is 1. The Morgan fingerprint density at radius 2 is 1.87 bits per heavy atom. The van der Waals surface area contributed by atoms with E-state index in [9.17, 15) is 4.79 Å². The minimum absolute atomic E-state index is 0.00965. The number of hydrogen-bond acceptors (Lipinski definition) is 3. The summed E-state index contributed by atoms with van der Waals surface area (Å²) in [5, 5.41) is 0. The van der Waals surface area contributed by atoms with Crippen LogP contribution in [-0.4, -0.2) is 18.6 Å². The molecule has 3 nitrogen and oxygen atoms in total. The monoisotopic (exact) mass is 217 g/mol. The van der Waals surface area contributed by atoms with Gasteiger partial charge in [0.25, 0.3) is 0 Å². The SMILES string of the molecule is CC.CCCCCC(CC)OC(=O)CN. The molecule has 0 saturated carbocycles. The van der Waals surface area contributed by atoms with E-state index in [1.54, 1.807) is 0 Å². The molecular weight excluding hydrogens is 190 g/mol. The van der Waals surface area contributed by atoms with Gasteiger partial charge in [0.05, 0.1) is 6.54 Å². The summed E-state index contributed by atoms with van der Waals surface area (Å²) in [5.41, 5.74) is 5.16. The van der Waals surface area contributed by atoms with Crippen molar-refractivity contribution in [3.8, 4) is 0 Å². The highest BCUT2D eigenvalue weighted by Crippen LogP contribution is 2.09. The van der Waals surface area contributed by atoms with Gasteiger partial charge in [0, 0.05) is 0 Å². The maximum atomic E-state index is 10.9. The van der Waals surface area contributed by atoms with Crippen LogP contribution in [0.5, 0.6) is 0 Å². The van der Waals surface area contributed by atoms with Gasteiger partial charge in [-0.2, -0.15) is 0 Å². The summed E-state index contributed by atoms with van der Waals surface area (Å²) in [6.45, 7) is 8.18. The first-order chi connectivity index (χ1) is 7.24. The molecule has 0 aliphatic rings. The van der Waals surface area contributed by atoms with E-state index in [0.29, 0.717) is 0 Å². The summed E-state index contributed by atoms with van der Waals surface area (Å²) < 4.78 is 5.13. The second kappa shape index (κ2) is 13.4. The first-order valence-electron chi connectivity index (χ1n) is 6.14. The van der Waals surface area contributed by atoms with Gasteiger partial charge in [-0.25, -0.2) is 0 Å². The Morgan fingerprint density at radius 1 is 1.27 bits per heavy atom. The third kappa shape index (κ3) is 11.4. The molecule has 0 aliphatic heterocycles. The Labute approximate surface area is 94.4 Å². The Balaban J connectivity index is 0. The molecule has 1 unspecified atom stereocenters. The summed E-state index contributed by atoms with van der Waals surface area (Å²) in [7, 11) is 0. The first-order valence-corrected chi connectivity index (χ1v) is 6.14. The fourth-order valence-electron chi connectivity index (χ4n) is 1.20. The average Bonchev–Trinajstić information content (AvgIpc) is 2.30. The molecule has 0 aromatic rings. The van der Waals surface area contributed by atoms with Crippen LogP contribution in [0.1, 0.15) is 59.8 Å². The fourth-order valence-corrected chi connectivity index (χ4v) is 1.20. The lowest BCUT2D eigenvalue weighted by Crippen LogP contribution is -2.23. The molecule has 0 saturated heterocycles. The Kier molecular flexibility index (Phi) is 15.1. The minimum Gasteiger partial charge on any atom is -0.461 e. The van der Waals surface area contributed by atoms with Gasteiger partial charge in [0.15, 0.2) is 0 Å². The molecule has 3 heteroatoms. The first kappa shape index (κ1) is 16.8. The molecule has 0 bridgehead atoms. The van der Waals surface area contributed by atoms with E-state index in [1.807, 2.05) is 20.8 Å². The van der Waals surface area contributed by atoms with Gasteiger partial charge in [-0.15, -0.1) is 0 Å². The molecule has 15 heavy (non-hydrogen) atoms.